The average molecular weight is 270 g/mol. The number of hydrazine groups is 1. The van der Waals surface area contributed by atoms with Gasteiger partial charge in [0.1, 0.15) is 11.6 Å². The van der Waals surface area contributed by atoms with Crippen molar-refractivity contribution in [3.63, 3.8) is 0 Å². The molecule has 0 saturated heterocycles. The number of nitrogens with one attached hydrogen (secondary N) is 1. The normalized spacial score (nSPS) is 15.3. The van der Waals surface area contributed by atoms with E-state index < -0.39 is 11.6 Å². The first-order valence-electron chi connectivity index (χ1n) is 6.64. The average Bonchev–Trinajstić information content (AvgIpc) is 2.27. The molecular formula is C15H24F2N2. The van der Waals surface area contributed by atoms with Crippen LogP contribution in [0, 0.1) is 23.0 Å². The first kappa shape index (κ1) is 16.1. The van der Waals surface area contributed by atoms with Crippen molar-refractivity contribution in [1.82, 2.24) is 5.43 Å². The Hall–Kier alpha value is -1.00. The molecule has 0 aliphatic carbocycles. The molecule has 1 rings (SSSR count). The fourth-order valence-electron chi connectivity index (χ4n) is 2.60. The molecule has 0 amide bonds. The van der Waals surface area contributed by atoms with Crippen LogP contribution in [0.15, 0.2) is 18.2 Å². The second kappa shape index (κ2) is 6.44. The van der Waals surface area contributed by atoms with Gasteiger partial charge in [-0.15, -0.1) is 0 Å². The van der Waals surface area contributed by atoms with E-state index in [0.717, 1.165) is 18.6 Å². The van der Waals surface area contributed by atoms with Crippen LogP contribution in [0.5, 0.6) is 0 Å². The number of halogens is 2. The van der Waals surface area contributed by atoms with Crippen LogP contribution >= 0.6 is 0 Å². The molecule has 2 atom stereocenters. The highest BCUT2D eigenvalue weighted by molar-refractivity contribution is 5.22. The highest BCUT2D eigenvalue weighted by atomic mass is 19.1. The molecule has 1 aromatic rings. The first-order valence-corrected chi connectivity index (χ1v) is 6.64. The van der Waals surface area contributed by atoms with E-state index in [2.05, 4.69) is 33.1 Å². The summed E-state index contributed by atoms with van der Waals surface area (Å²) in [5, 5.41) is 0. The van der Waals surface area contributed by atoms with E-state index in [-0.39, 0.29) is 11.5 Å². The van der Waals surface area contributed by atoms with Crippen LogP contribution < -0.4 is 11.3 Å². The van der Waals surface area contributed by atoms with Crippen LogP contribution in [-0.4, -0.2) is 0 Å². The van der Waals surface area contributed by atoms with E-state index in [4.69, 9.17) is 5.84 Å². The standard InChI is InChI=1S/C15H24F2N2/c1-10(9-15(2,3)4)7-14(19-18)12-8-11(16)5-6-13(12)17/h5-6,8,10,14,19H,7,9,18H2,1-4H3. The van der Waals surface area contributed by atoms with Gasteiger partial charge in [0.2, 0.25) is 0 Å². The summed E-state index contributed by atoms with van der Waals surface area (Å²) >= 11 is 0. The predicted octanol–water partition coefficient (Wildman–Crippen LogP) is 3.93. The molecule has 2 nitrogen and oxygen atoms in total. The van der Waals surface area contributed by atoms with Gasteiger partial charge in [0, 0.05) is 11.6 Å². The molecule has 108 valence electrons. The molecule has 0 aliphatic rings. The molecule has 0 aromatic heterocycles. The van der Waals surface area contributed by atoms with Crippen molar-refractivity contribution in [3.8, 4) is 0 Å². The minimum atomic E-state index is -0.444. The molecule has 0 bridgehead atoms. The summed E-state index contributed by atoms with van der Waals surface area (Å²) < 4.78 is 26.9. The summed E-state index contributed by atoms with van der Waals surface area (Å²) in [6, 6.07) is 3.10. The van der Waals surface area contributed by atoms with Gasteiger partial charge in [-0.2, -0.15) is 0 Å². The Bertz CT molecular complexity index is 413. The van der Waals surface area contributed by atoms with Crippen LogP contribution in [0.25, 0.3) is 0 Å². The van der Waals surface area contributed by atoms with Crippen molar-refractivity contribution in [3.05, 3.63) is 35.4 Å². The van der Waals surface area contributed by atoms with Gasteiger partial charge < -0.3 is 0 Å². The molecule has 4 heteroatoms. The zero-order chi connectivity index (χ0) is 14.6. The van der Waals surface area contributed by atoms with Crippen LogP contribution in [0.1, 0.15) is 52.1 Å². The van der Waals surface area contributed by atoms with Crippen LogP contribution in [0.4, 0.5) is 8.78 Å². The van der Waals surface area contributed by atoms with Crippen LogP contribution in [-0.2, 0) is 0 Å². The second-order valence-corrected chi connectivity index (χ2v) is 6.49. The number of hydrogen-bond acceptors (Lipinski definition) is 2. The molecule has 0 saturated carbocycles. The third-order valence-electron chi connectivity index (χ3n) is 3.13. The van der Waals surface area contributed by atoms with E-state index in [1.54, 1.807) is 0 Å². The smallest absolute Gasteiger partial charge is 0.128 e. The summed E-state index contributed by atoms with van der Waals surface area (Å²) in [6.45, 7) is 8.60. The molecule has 0 heterocycles. The van der Waals surface area contributed by atoms with Gasteiger partial charge in [0.15, 0.2) is 0 Å². The van der Waals surface area contributed by atoms with Gasteiger partial charge in [0.05, 0.1) is 0 Å². The Morgan fingerprint density at radius 1 is 1.26 bits per heavy atom. The van der Waals surface area contributed by atoms with Crippen LogP contribution in [0.2, 0.25) is 0 Å². The Balaban J connectivity index is 2.80. The van der Waals surface area contributed by atoms with Crippen molar-refractivity contribution in [2.75, 3.05) is 0 Å². The minimum absolute atomic E-state index is 0.207. The molecule has 0 fully saturated rings. The minimum Gasteiger partial charge on any atom is -0.271 e. The maximum Gasteiger partial charge on any atom is 0.128 e. The van der Waals surface area contributed by atoms with Gasteiger partial charge in [-0.25, -0.2) is 8.78 Å². The lowest BCUT2D eigenvalue weighted by Gasteiger charge is -2.26. The van der Waals surface area contributed by atoms with Gasteiger partial charge in [-0.05, 0) is 42.4 Å². The van der Waals surface area contributed by atoms with Crippen molar-refractivity contribution >= 4 is 0 Å². The molecule has 0 aliphatic heterocycles. The largest absolute Gasteiger partial charge is 0.271 e. The van der Waals surface area contributed by atoms with E-state index in [1.165, 1.54) is 6.07 Å². The number of benzene rings is 1. The Kier molecular flexibility index (Phi) is 5.44. The van der Waals surface area contributed by atoms with Crippen molar-refractivity contribution in [1.29, 1.82) is 0 Å². The molecule has 19 heavy (non-hydrogen) atoms. The lowest BCUT2D eigenvalue weighted by Crippen LogP contribution is -2.30. The van der Waals surface area contributed by atoms with Gasteiger partial charge >= 0.3 is 0 Å². The van der Waals surface area contributed by atoms with Crippen molar-refractivity contribution < 1.29 is 8.78 Å². The Morgan fingerprint density at radius 3 is 2.42 bits per heavy atom. The molecular weight excluding hydrogens is 246 g/mol. The second-order valence-electron chi connectivity index (χ2n) is 6.49. The van der Waals surface area contributed by atoms with Gasteiger partial charge in [-0.1, -0.05) is 27.7 Å². The summed E-state index contributed by atoms with van der Waals surface area (Å²) in [6.07, 6.45) is 1.68. The van der Waals surface area contributed by atoms with E-state index in [9.17, 15) is 8.78 Å². The molecule has 0 spiro atoms. The predicted molar refractivity (Wildman–Crippen MR) is 74.3 cm³/mol. The molecule has 2 unspecified atom stereocenters. The lowest BCUT2D eigenvalue weighted by atomic mass is 9.82. The third kappa shape index (κ3) is 5.25. The molecule has 1 aromatic carbocycles. The van der Waals surface area contributed by atoms with Crippen molar-refractivity contribution in [2.45, 2.75) is 46.6 Å². The number of nitrogens with two attached hydrogens (primary N) is 1. The first-order chi connectivity index (χ1) is 8.73. The monoisotopic (exact) mass is 270 g/mol. The molecule has 3 N–H and O–H groups in total. The van der Waals surface area contributed by atoms with Crippen molar-refractivity contribution in [2.24, 2.45) is 17.2 Å². The van der Waals surface area contributed by atoms with E-state index in [0.29, 0.717) is 17.9 Å². The highest BCUT2D eigenvalue weighted by Crippen LogP contribution is 2.31. The summed E-state index contributed by atoms with van der Waals surface area (Å²) in [5.41, 5.74) is 3.10. The van der Waals surface area contributed by atoms with Gasteiger partial charge in [0.25, 0.3) is 0 Å². The number of hydrogen-bond donors (Lipinski definition) is 2. The third-order valence-corrected chi connectivity index (χ3v) is 3.13. The molecule has 0 radical (unpaired) electrons. The number of rotatable bonds is 5. The zero-order valence-electron chi connectivity index (χ0n) is 12.1. The Morgan fingerprint density at radius 2 is 1.89 bits per heavy atom. The maximum atomic E-state index is 13.7. The zero-order valence-corrected chi connectivity index (χ0v) is 12.1. The highest BCUT2D eigenvalue weighted by Gasteiger charge is 2.21. The summed E-state index contributed by atoms with van der Waals surface area (Å²) in [4.78, 5) is 0. The lowest BCUT2D eigenvalue weighted by molar-refractivity contribution is 0.274. The Labute approximate surface area is 114 Å². The fourth-order valence-corrected chi connectivity index (χ4v) is 2.60. The summed E-state index contributed by atoms with van der Waals surface area (Å²) in [7, 11) is 0. The van der Waals surface area contributed by atoms with Gasteiger partial charge in [-0.3, -0.25) is 11.3 Å². The maximum absolute atomic E-state index is 13.7. The topological polar surface area (TPSA) is 38.0 Å². The van der Waals surface area contributed by atoms with E-state index >= 15 is 0 Å². The summed E-state index contributed by atoms with van der Waals surface area (Å²) in [5.74, 6) is 4.99. The van der Waals surface area contributed by atoms with Crippen LogP contribution in [0.3, 0.4) is 0 Å². The van der Waals surface area contributed by atoms with E-state index in [1.807, 2.05) is 0 Å². The SMILES string of the molecule is CC(CC(NN)c1cc(F)ccc1F)CC(C)(C)C. The quantitative estimate of drug-likeness (QED) is 0.628. The fraction of sp³-hybridized carbons (Fsp3) is 0.600.